The van der Waals surface area contributed by atoms with Gasteiger partial charge in [0, 0.05) is 11.8 Å². The molecule has 0 amide bonds. The molecule has 0 bridgehead atoms. The molecule has 3 rings (SSSR count). The number of hydrogen-bond donors (Lipinski definition) is 1. The Morgan fingerprint density at radius 3 is 2.24 bits per heavy atom. The molecule has 0 aliphatic heterocycles. The van der Waals surface area contributed by atoms with Crippen LogP contribution < -0.4 is 4.74 Å². The van der Waals surface area contributed by atoms with Gasteiger partial charge in [-0.1, -0.05) is 57.5 Å². The van der Waals surface area contributed by atoms with E-state index in [1.165, 1.54) is 0 Å². The minimum Gasteiger partial charge on any atom is -0.511 e. The van der Waals surface area contributed by atoms with Gasteiger partial charge in [-0.3, -0.25) is 4.79 Å². The maximum atomic E-state index is 13.3. The molecule has 0 saturated carbocycles. The Bertz CT molecular complexity index is 888. The molecule has 29 heavy (non-hydrogen) atoms. The Hall–Kier alpha value is -2.55. The summed E-state index contributed by atoms with van der Waals surface area (Å²) in [6, 6.07) is 14.0. The molecule has 0 heterocycles. The summed E-state index contributed by atoms with van der Waals surface area (Å²) in [6.45, 7) is 10.7. The molecule has 3 heteroatoms. The lowest BCUT2D eigenvalue weighted by atomic mass is 9.80. The van der Waals surface area contributed by atoms with Crippen LogP contribution in [0.1, 0.15) is 55.9 Å². The SMILES string of the molecule is CCC(C)C1C(=O)C(c2c(C)cc(OCc3ccccc3)cc2C)=C(O)C1CC. The summed E-state index contributed by atoms with van der Waals surface area (Å²) >= 11 is 0. The topological polar surface area (TPSA) is 46.5 Å². The standard InChI is InChI=1S/C26H32O3/c1-6-16(3)23-21(7-2)25(27)24(26(23)28)22-17(4)13-20(14-18(22)5)29-15-19-11-9-8-10-12-19/h8-14,16,21,23,27H,6-7,15H2,1-5H3. The lowest BCUT2D eigenvalue weighted by Crippen LogP contribution is -2.24. The van der Waals surface area contributed by atoms with Crippen LogP contribution in [0.3, 0.4) is 0 Å². The number of Topliss-reactive ketones (excluding diaryl/α,β-unsaturated/α-hetero) is 1. The summed E-state index contributed by atoms with van der Waals surface area (Å²) < 4.78 is 5.98. The lowest BCUT2D eigenvalue weighted by Gasteiger charge is -2.23. The normalized spacial score (nSPS) is 20.2. The summed E-state index contributed by atoms with van der Waals surface area (Å²) in [6.07, 6.45) is 1.70. The van der Waals surface area contributed by atoms with E-state index in [0.717, 1.165) is 40.8 Å². The molecule has 0 fully saturated rings. The summed E-state index contributed by atoms with van der Waals surface area (Å²) in [4.78, 5) is 13.3. The lowest BCUT2D eigenvalue weighted by molar-refractivity contribution is -0.119. The molecule has 1 aliphatic carbocycles. The molecule has 154 valence electrons. The molecule has 3 atom stereocenters. The Labute approximate surface area is 174 Å². The first-order valence-corrected chi connectivity index (χ1v) is 10.6. The zero-order valence-corrected chi connectivity index (χ0v) is 18.2. The van der Waals surface area contributed by atoms with Crippen molar-refractivity contribution in [2.24, 2.45) is 17.8 Å². The second-order valence-electron chi connectivity index (χ2n) is 8.26. The Morgan fingerprint density at radius 2 is 1.69 bits per heavy atom. The third kappa shape index (κ3) is 4.10. The van der Waals surface area contributed by atoms with Crippen LogP contribution in [0.2, 0.25) is 0 Å². The number of aliphatic hydroxyl groups is 1. The second-order valence-corrected chi connectivity index (χ2v) is 8.26. The van der Waals surface area contributed by atoms with Crippen molar-refractivity contribution in [1.82, 2.24) is 0 Å². The van der Waals surface area contributed by atoms with E-state index in [2.05, 4.69) is 13.8 Å². The van der Waals surface area contributed by atoms with Crippen molar-refractivity contribution in [2.45, 2.75) is 54.1 Å². The molecule has 0 saturated heterocycles. The third-order valence-electron chi connectivity index (χ3n) is 6.29. The maximum Gasteiger partial charge on any atom is 0.170 e. The van der Waals surface area contributed by atoms with Crippen LogP contribution in [0.15, 0.2) is 48.2 Å². The fourth-order valence-electron chi connectivity index (χ4n) is 4.58. The van der Waals surface area contributed by atoms with E-state index in [-0.39, 0.29) is 29.3 Å². The molecule has 3 unspecified atom stereocenters. The average Bonchev–Trinajstić information content (AvgIpc) is 2.96. The van der Waals surface area contributed by atoms with Crippen molar-refractivity contribution in [1.29, 1.82) is 0 Å². The Morgan fingerprint density at radius 1 is 1.07 bits per heavy atom. The molecule has 0 spiro atoms. The van der Waals surface area contributed by atoms with Crippen molar-refractivity contribution in [3.8, 4) is 5.75 Å². The van der Waals surface area contributed by atoms with Gasteiger partial charge in [0.1, 0.15) is 18.1 Å². The number of rotatable bonds is 7. The molecule has 0 aromatic heterocycles. The fraction of sp³-hybridized carbons (Fsp3) is 0.423. The highest BCUT2D eigenvalue weighted by Gasteiger charge is 2.44. The number of carbonyl (C=O) groups excluding carboxylic acids is 1. The Kier molecular flexibility index (Phi) is 6.46. The van der Waals surface area contributed by atoms with Gasteiger partial charge in [0.05, 0.1) is 5.57 Å². The first kappa shape index (κ1) is 21.2. The van der Waals surface area contributed by atoms with Gasteiger partial charge in [-0.2, -0.15) is 0 Å². The van der Waals surface area contributed by atoms with Crippen LogP contribution >= 0.6 is 0 Å². The highest BCUT2D eigenvalue weighted by Crippen LogP contribution is 2.45. The molecular weight excluding hydrogens is 360 g/mol. The quantitative estimate of drug-likeness (QED) is 0.591. The molecule has 2 aromatic rings. The first-order valence-electron chi connectivity index (χ1n) is 10.6. The number of aryl methyl sites for hydroxylation is 2. The fourth-order valence-corrected chi connectivity index (χ4v) is 4.58. The van der Waals surface area contributed by atoms with Crippen molar-refractivity contribution in [3.05, 3.63) is 70.5 Å². The van der Waals surface area contributed by atoms with E-state index >= 15 is 0 Å². The summed E-state index contributed by atoms with van der Waals surface area (Å²) in [5.74, 6) is 1.18. The van der Waals surface area contributed by atoms with E-state index in [0.29, 0.717) is 12.2 Å². The van der Waals surface area contributed by atoms with Gasteiger partial charge in [0.2, 0.25) is 0 Å². The average molecular weight is 393 g/mol. The predicted molar refractivity (Wildman–Crippen MR) is 118 cm³/mol. The minimum absolute atomic E-state index is 0.0831. The van der Waals surface area contributed by atoms with Crippen LogP contribution in [0.25, 0.3) is 5.57 Å². The zero-order valence-electron chi connectivity index (χ0n) is 18.2. The zero-order chi connectivity index (χ0) is 21.1. The number of carbonyl (C=O) groups is 1. The second kappa shape index (κ2) is 8.86. The maximum absolute atomic E-state index is 13.3. The van der Waals surface area contributed by atoms with Crippen molar-refractivity contribution in [2.75, 3.05) is 0 Å². The highest BCUT2D eigenvalue weighted by atomic mass is 16.5. The first-order chi connectivity index (χ1) is 13.9. The van der Waals surface area contributed by atoms with Crippen molar-refractivity contribution in [3.63, 3.8) is 0 Å². The molecule has 1 aliphatic rings. The van der Waals surface area contributed by atoms with Gasteiger partial charge in [0.15, 0.2) is 5.78 Å². The molecule has 2 aromatic carbocycles. The minimum atomic E-state index is -0.132. The molecule has 0 radical (unpaired) electrons. The van der Waals surface area contributed by atoms with E-state index in [9.17, 15) is 9.90 Å². The predicted octanol–water partition coefficient (Wildman–Crippen LogP) is 6.42. The van der Waals surface area contributed by atoms with Crippen molar-refractivity contribution >= 4 is 11.4 Å². The number of ether oxygens (including phenoxy) is 1. The van der Waals surface area contributed by atoms with Crippen LogP contribution in [-0.2, 0) is 11.4 Å². The summed E-state index contributed by atoms with van der Waals surface area (Å²) in [5.41, 5.74) is 4.42. The smallest absolute Gasteiger partial charge is 0.170 e. The van der Waals surface area contributed by atoms with Gasteiger partial charge >= 0.3 is 0 Å². The van der Waals surface area contributed by atoms with Crippen LogP contribution in [0.5, 0.6) is 5.75 Å². The molecular formula is C26H32O3. The number of allylic oxidation sites excluding steroid dienone is 2. The molecule has 1 N–H and O–H groups in total. The van der Waals surface area contributed by atoms with Crippen molar-refractivity contribution < 1.29 is 14.6 Å². The van der Waals surface area contributed by atoms with Gasteiger partial charge in [0.25, 0.3) is 0 Å². The van der Waals surface area contributed by atoms with E-state index in [1.807, 2.05) is 63.2 Å². The van der Waals surface area contributed by atoms with Crippen LogP contribution in [-0.4, -0.2) is 10.9 Å². The number of hydrogen-bond acceptors (Lipinski definition) is 3. The van der Waals surface area contributed by atoms with E-state index in [1.54, 1.807) is 0 Å². The largest absolute Gasteiger partial charge is 0.511 e. The highest BCUT2D eigenvalue weighted by molar-refractivity contribution is 6.25. The van der Waals surface area contributed by atoms with Crippen LogP contribution in [0.4, 0.5) is 0 Å². The van der Waals surface area contributed by atoms with Crippen LogP contribution in [0, 0.1) is 31.6 Å². The monoisotopic (exact) mass is 392 g/mol. The number of ketones is 1. The van der Waals surface area contributed by atoms with Gasteiger partial charge in [-0.25, -0.2) is 0 Å². The van der Waals surface area contributed by atoms with Gasteiger partial charge in [-0.15, -0.1) is 0 Å². The third-order valence-corrected chi connectivity index (χ3v) is 6.29. The molecule has 3 nitrogen and oxygen atoms in total. The van der Waals surface area contributed by atoms with Gasteiger partial charge in [-0.05, 0) is 60.6 Å². The number of aliphatic hydroxyl groups excluding tert-OH is 1. The van der Waals surface area contributed by atoms with Gasteiger partial charge < -0.3 is 9.84 Å². The van der Waals surface area contributed by atoms with E-state index in [4.69, 9.17) is 4.74 Å². The van der Waals surface area contributed by atoms with E-state index < -0.39 is 0 Å². The Balaban J connectivity index is 1.92. The summed E-state index contributed by atoms with van der Waals surface area (Å²) in [7, 11) is 0. The number of benzene rings is 2. The summed E-state index contributed by atoms with van der Waals surface area (Å²) in [5, 5.41) is 11.0.